The monoisotopic (exact) mass is 539 g/mol. The summed E-state index contributed by atoms with van der Waals surface area (Å²) in [6.07, 6.45) is 3.49. The molecule has 5 rings (SSSR count). The van der Waals surface area contributed by atoms with Crippen molar-refractivity contribution in [3.63, 3.8) is 0 Å². The van der Waals surface area contributed by atoms with E-state index in [2.05, 4.69) is 15.1 Å². The van der Waals surface area contributed by atoms with E-state index >= 15 is 0 Å². The number of aryl methyl sites for hydroxylation is 1. The molecule has 1 amide bonds. The van der Waals surface area contributed by atoms with Crippen LogP contribution in [0.3, 0.4) is 0 Å². The number of aliphatic hydroxyl groups is 1. The van der Waals surface area contributed by atoms with Crippen LogP contribution in [-0.2, 0) is 19.1 Å². The lowest BCUT2D eigenvalue weighted by Crippen LogP contribution is -2.39. The van der Waals surface area contributed by atoms with Crippen LogP contribution in [0.4, 0.5) is 8.78 Å². The third-order valence-electron chi connectivity index (χ3n) is 7.04. The summed E-state index contributed by atoms with van der Waals surface area (Å²) in [6.45, 7) is 4.25. The summed E-state index contributed by atoms with van der Waals surface area (Å²) >= 11 is 6.58. The highest BCUT2D eigenvalue weighted by Crippen LogP contribution is 2.33. The Morgan fingerprint density at radius 3 is 2.58 bits per heavy atom. The predicted octanol–water partition coefficient (Wildman–Crippen LogP) is 5.28. The second-order valence-electron chi connectivity index (χ2n) is 10.3. The van der Waals surface area contributed by atoms with E-state index in [1.165, 1.54) is 12.1 Å². The number of benzene rings is 2. The van der Waals surface area contributed by atoms with Crippen molar-refractivity contribution in [2.45, 2.75) is 38.7 Å². The van der Waals surface area contributed by atoms with Gasteiger partial charge in [0.15, 0.2) is 5.82 Å². The Morgan fingerprint density at radius 1 is 1.16 bits per heavy atom. The first kappa shape index (κ1) is 26.2. The third kappa shape index (κ3) is 5.13. The van der Waals surface area contributed by atoms with Gasteiger partial charge in [0.05, 0.1) is 21.8 Å². The first-order chi connectivity index (χ1) is 18.0. The first-order valence-electron chi connectivity index (χ1n) is 12.5. The van der Waals surface area contributed by atoms with Crippen molar-refractivity contribution >= 4 is 28.4 Å². The Hall–Kier alpha value is -3.43. The number of piperidine rings is 1. The van der Waals surface area contributed by atoms with Gasteiger partial charge in [-0.25, -0.2) is 18.7 Å². The highest BCUT2D eigenvalue weighted by Gasteiger charge is 2.27. The van der Waals surface area contributed by atoms with Gasteiger partial charge in [0, 0.05) is 37.8 Å². The first-order valence-corrected chi connectivity index (χ1v) is 12.8. The smallest absolute Gasteiger partial charge is 0.255 e. The summed E-state index contributed by atoms with van der Waals surface area (Å²) in [4.78, 5) is 24.0. The summed E-state index contributed by atoms with van der Waals surface area (Å²) < 4.78 is 29.0. The fourth-order valence-electron chi connectivity index (χ4n) is 4.93. The molecule has 0 radical (unpaired) electrons. The molecule has 4 aromatic rings. The molecule has 10 heteroatoms. The van der Waals surface area contributed by atoms with Gasteiger partial charge in [-0.2, -0.15) is 5.10 Å². The third-order valence-corrected chi connectivity index (χ3v) is 7.35. The number of hydrogen-bond acceptors (Lipinski definition) is 5. The number of hydrogen-bond donors (Lipinski definition) is 1. The molecule has 198 valence electrons. The van der Waals surface area contributed by atoms with Crippen LogP contribution in [0.5, 0.6) is 0 Å². The summed E-state index contributed by atoms with van der Waals surface area (Å²) in [6, 6.07) is 8.85. The van der Waals surface area contributed by atoms with E-state index in [4.69, 9.17) is 11.6 Å². The van der Waals surface area contributed by atoms with Crippen molar-refractivity contribution in [3.8, 4) is 11.4 Å². The zero-order chi connectivity index (χ0) is 27.2. The van der Waals surface area contributed by atoms with Gasteiger partial charge in [-0.15, -0.1) is 0 Å². The Bertz CT molecular complexity index is 1520. The lowest BCUT2D eigenvalue weighted by molar-refractivity contribution is 0.0683. The lowest BCUT2D eigenvalue weighted by atomic mass is 9.89. The van der Waals surface area contributed by atoms with Crippen molar-refractivity contribution in [2.24, 2.45) is 13.0 Å². The number of rotatable bonds is 5. The minimum Gasteiger partial charge on any atom is -0.382 e. The number of nitrogens with zero attached hydrogens (tertiary/aromatic N) is 5. The maximum Gasteiger partial charge on any atom is 0.255 e. The van der Waals surface area contributed by atoms with Crippen LogP contribution >= 0.6 is 11.6 Å². The highest BCUT2D eigenvalue weighted by molar-refractivity contribution is 6.34. The Morgan fingerprint density at radius 2 is 1.89 bits per heavy atom. The lowest BCUT2D eigenvalue weighted by Gasteiger charge is -2.32. The van der Waals surface area contributed by atoms with E-state index in [9.17, 15) is 18.7 Å². The number of halogens is 3. The van der Waals surface area contributed by atoms with Gasteiger partial charge in [-0.05, 0) is 68.9 Å². The normalized spacial score (nSPS) is 14.9. The zero-order valence-electron chi connectivity index (χ0n) is 21.4. The second-order valence-corrected chi connectivity index (χ2v) is 10.7. The van der Waals surface area contributed by atoms with Gasteiger partial charge < -0.3 is 10.0 Å². The van der Waals surface area contributed by atoms with Crippen LogP contribution in [0.15, 0.2) is 42.6 Å². The maximum absolute atomic E-state index is 14.1. The minimum atomic E-state index is -1.22. The molecule has 0 bridgehead atoms. The van der Waals surface area contributed by atoms with Crippen LogP contribution < -0.4 is 0 Å². The molecule has 1 aliphatic heterocycles. The average Bonchev–Trinajstić information content (AvgIpc) is 3.20. The molecule has 0 unspecified atom stereocenters. The SMILES string of the molecule is Cn1nc(-c2ccnc(C(C)(C)O)n2)c2cc(C(=O)N3CCC(Cc4ccc(F)cc4F)CC3)c(Cl)cc21. The standard InChI is InChI=1S/C28H28ClF2N5O2/c1-28(2,38)27-32-9-6-23(33-27)25-20-14-19(21(29)15-24(20)35(3)34-25)26(37)36-10-7-16(8-11-36)12-17-4-5-18(30)13-22(17)31/h4-6,9,13-16,38H,7-8,10-12H2,1-3H3. The molecule has 0 saturated carbocycles. The molecule has 1 N–H and O–H groups in total. The summed E-state index contributed by atoms with van der Waals surface area (Å²) in [5.74, 6) is -0.839. The minimum absolute atomic E-state index is 0.182. The Balaban J connectivity index is 1.38. The number of likely N-dealkylation sites (tertiary alicyclic amines) is 1. The molecule has 38 heavy (non-hydrogen) atoms. The van der Waals surface area contributed by atoms with E-state index < -0.39 is 17.2 Å². The van der Waals surface area contributed by atoms with Crippen LogP contribution in [0.2, 0.25) is 5.02 Å². The van der Waals surface area contributed by atoms with Gasteiger partial charge in [-0.1, -0.05) is 17.7 Å². The van der Waals surface area contributed by atoms with Crippen molar-refractivity contribution in [3.05, 3.63) is 76.2 Å². The molecule has 0 aliphatic carbocycles. The molecule has 0 spiro atoms. The van der Waals surface area contributed by atoms with Gasteiger partial charge in [0.25, 0.3) is 5.91 Å². The number of aromatic nitrogens is 4. The fourth-order valence-corrected chi connectivity index (χ4v) is 5.16. The molecule has 3 heterocycles. The molecule has 1 saturated heterocycles. The fraction of sp³-hybridized carbons (Fsp3) is 0.357. The van der Waals surface area contributed by atoms with Crippen LogP contribution in [0, 0.1) is 17.6 Å². The van der Waals surface area contributed by atoms with Crippen LogP contribution in [-0.4, -0.2) is 48.8 Å². The Kier molecular flexibility index (Phi) is 6.92. The largest absolute Gasteiger partial charge is 0.382 e. The number of fused-ring (bicyclic) bond motifs is 1. The van der Waals surface area contributed by atoms with Crippen molar-refractivity contribution in [1.82, 2.24) is 24.6 Å². The molecular formula is C28H28ClF2N5O2. The predicted molar refractivity (Wildman–Crippen MR) is 141 cm³/mol. The second kappa shape index (κ2) is 10.0. The van der Waals surface area contributed by atoms with E-state index in [-0.39, 0.29) is 17.6 Å². The van der Waals surface area contributed by atoms with Gasteiger partial charge >= 0.3 is 0 Å². The van der Waals surface area contributed by atoms with Crippen molar-refractivity contribution in [1.29, 1.82) is 0 Å². The molecule has 7 nitrogen and oxygen atoms in total. The average molecular weight is 540 g/mol. The summed E-state index contributed by atoms with van der Waals surface area (Å²) in [5.41, 5.74) is 1.46. The Labute approximate surface area is 224 Å². The maximum atomic E-state index is 14.1. The molecule has 2 aromatic heterocycles. The quantitative estimate of drug-likeness (QED) is 0.373. The number of carbonyl (C=O) groups is 1. The number of carbonyl (C=O) groups excluding carboxylic acids is 1. The van der Waals surface area contributed by atoms with E-state index in [0.29, 0.717) is 65.3 Å². The van der Waals surface area contributed by atoms with Gasteiger partial charge in [0.1, 0.15) is 22.9 Å². The summed E-state index contributed by atoms with van der Waals surface area (Å²) in [7, 11) is 1.79. The van der Waals surface area contributed by atoms with Gasteiger partial charge in [0.2, 0.25) is 0 Å². The van der Waals surface area contributed by atoms with Crippen LogP contribution in [0.25, 0.3) is 22.3 Å². The molecule has 1 fully saturated rings. The van der Waals surface area contributed by atoms with Gasteiger partial charge in [-0.3, -0.25) is 9.48 Å². The zero-order valence-corrected chi connectivity index (χ0v) is 22.1. The molecule has 2 aromatic carbocycles. The number of amides is 1. The highest BCUT2D eigenvalue weighted by atomic mass is 35.5. The van der Waals surface area contributed by atoms with Crippen LogP contribution in [0.1, 0.15) is 48.4 Å². The van der Waals surface area contributed by atoms with E-state index in [0.717, 1.165) is 11.6 Å². The summed E-state index contributed by atoms with van der Waals surface area (Å²) in [5, 5.41) is 16.0. The molecule has 1 aliphatic rings. The molecule has 0 atom stereocenters. The van der Waals surface area contributed by atoms with E-state index in [1.807, 2.05) is 0 Å². The molecular weight excluding hydrogens is 512 g/mol. The van der Waals surface area contributed by atoms with E-state index in [1.54, 1.807) is 54.9 Å². The van der Waals surface area contributed by atoms with Crippen molar-refractivity contribution in [2.75, 3.05) is 13.1 Å². The topological polar surface area (TPSA) is 84.1 Å². The van der Waals surface area contributed by atoms with Crippen molar-refractivity contribution < 1.29 is 18.7 Å².